The van der Waals surface area contributed by atoms with Crippen LogP contribution in [0.4, 0.5) is 0 Å². The van der Waals surface area contributed by atoms with Crippen LogP contribution < -0.4 is 11.1 Å². The lowest BCUT2D eigenvalue weighted by Gasteiger charge is -2.21. The molecule has 7 heteroatoms. The van der Waals surface area contributed by atoms with Gasteiger partial charge >= 0.3 is 5.97 Å². The average molecular weight is 285 g/mol. The summed E-state index contributed by atoms with van der Waals surface area (Å²) >= 11 is 1.40. The molecule has 1 aromatic heterocycles. The monoisotopic (exact) mass is 285 g/mol. The standard InChI is InChI=1S/C12H19N3O3S/c1-12(2,11(17)18-3)7-14-5-4-9-15-8(6-19-9)10(13)16/h6,14H,4-5,7H2,1-3H3,(H2,13,16). The Bertz CT molecular complexity index is 457. The van der Waals surface area contributed by atoms with Crippen LogP contribution in [-0.4, -0.2) is 37.1 Å². The summed E-state index contributed by atoms with van der Waals surface area (Å²) in [5, 5.41) is 5.67. The maximum absolute atomic E-state index is 11.5. The highest BCUT2D eigenvalue weighted by molar-refractivity contribution is 7.09. The Kier molecular flexibility index (Phi) is 5.44. The highest BCUT2D eigenvalue weighted by Gasteiger charge is 2.27. The maximum Gasteiger partial charge on any atom is 0.312 e. The fourth-order valence-electron chi connectivity index (χ4n) is 1.48. The van der Waals surface area contributed by atoms with Gasteiger partial charge in [0, 0.05) is 24.9 Å². The van der Waals surface area contributed by atoms with Crippen molar-refractivity contribution < 1.29 is 14.3 Å². The van der Waals surface area contributed by atoms with Gasteiger partial charge in [0.1, 0.15) is 5.69 Å². The molecule has 3 N–H and O–H groups in total. The minimum Gasteiger partial charge on any atom is -0.469 e. The smallest absolute Gasteiger partial charge is 0.312 e. The SMILES string of the molecule is COC(=O)C(C)(C)CNCCc1nc(C(N)=O)cs1. The Balaban J connectivity index is 2.34. The van der Waals surface area contributed by atoms with Gasteiger partial charge in [-0.25, -0.2) is 4.98 Å². The first-order valence-corrected chi connectivity index (χ1v) is 6.78. The molecule has 0 spiro atoms. The van der Waals surface area contributed by atoms with Gasteiger partial charge in [0.2, 0.25) is 0 Å². The lowest BCUT2D eigenvalue weighted by Crippen LogP contribution is -2.37. The molecule has 0 atom stereocenters. The summed E-state index contributed by atoms with van der Waals surface area (Å²) < 4.78 is 4.72. The molecule has 1 heterocycles. The molecule has 0 aromatic carbocycles. The third-order valence-electron chi connectivity index (χ3n) is 2.62. The van der Waals surface area contributed by atoms with Crippen LogP contribution in [0.2, 0.25) is 0 Å². The zero-order valence-electron chi connectivity index (χ0n) is 11.4. The Morgan fingerprint density at radius 2 is 2.21 bits per heavy atom. The van der Waals surface area contributed by atoms with Crippen LogP contribution >= 0.6 is 11.3 Å². The van der Waals surface area contributed by atoms with Gasteiger partial charge in [0.25, 0.3) is 5.91 Å². The summed E-state index contributed by atoms with van der Waals surface area (Å²) in [4.78, 5) is 26.4. The lowest BCUT2D eigenvalue weighted by molar-refractivity contribution is -0.150. The van der Waals surface area contributed by atoms with Gasteiger partial charge in [-0.1, -0.05) is 0 Å². The van der Waals surface area contributed by atoms with E-state index >= 15 is 0 Å². The fourth-order valence-corrected chi connectivity index (χ4v) is 2.27. The van der Waals surface area contributed by atoms with Crippen molar-refractivity contribution in [3.8, 4) is 0 Å². The van der Waals surface area contributed by atoms with Crippen molar-refractivity contribution in [2.45, 2.75) is 20.3 Å². The van der Waals surface area contributed by atoms with Crippen LogP contribution in [0.3, 0.4) is 0 Å². The van der Waals surface area contributed by atoms with Crippen molar-refractivity contribution >= 4 is 23.2 Å². The molecule has 0 fully saturated rings. The van der Waals surface area contributed by atoms with Crippen LogP contribution in [0.15, 0.2) is 5.38 Å². The first-order chi connectivity index (χ1) is 8.86. The topological polar surface area (TPSA) is 94.3 Å². The van der Waals surface area contributed by atoms with Crippen molar-refractivity contribution in [1.29, 1.82) is 0 Å². The number of thiazole rings is 1. The largest absolute Gasteiger partial charge is 0.469 e. The van der Waals surface area contributed by atoms with E-state index in [1.165, 1.54) is 18.4 Å². The summed E-state index contributed by atoms with van der Waals surface area (Å²) in [5.74, 6) is -0.757. The quantitative estimate of drug-likeness (QED) is 0.564. The molecule has 0 aliphatic heterocycles. The number of primary amides is 1. The molecule has 0 unspecified atom stereocenters. The van der Waals surface area contributed by atoms with Crippen LogP contribution in [0, 0.1) is 5.41 Å². The number of hydrogen-bond donors (Lipinski definition) is 2. The maximum atomic E-state index is 11.5. The van der Waals surface area contributed by atoms with Crippen molar-refractivity contribution in [3.05, 3.63) is 16.1 Å². The first kappa shape index (κ1) is 15.6. The van der Waals surface area contributed by atoms with E-state index in [-0.39, 0.29) is 5.97 Å². The van der Waals surface area contributed by atoms with Gasteiger partial charge in [0.15, 0.2) is 0 Å². The second-order valence-corrected chi connectivity index (χ2v) is 5.74. The number of carbonyl (C=O) groups excluding carboxylic acids is 2. The van der Waals surface area contributed by atoms with E-state index in [0.717, 1.165) is 5.01 Å². The van der Waals surface area contributed by atoms with E-state index in [0.29, 0.717) is 25.2 Å². The van der Waals surface area contributed by atoms with Gasteiger partial charge in [-0.2, -0.15) is 0 Å². The van der Waals surface area contributed by atoms with Crippen molar-refractivity contribution in [1.82, 2.24) is 10.3 Å². The number of nitrogens with one attached hydrogen (secondary N) is 1. The highest BCUT2D eigenvalue weighted by atomic mass is 32.1. The number of nitrogens with zero attached hydrogens (tertiary/aromatic N) is 1. The average Bonchev–Trinajstić information content (AvgIpc) is 2.82. The van der Waals surface area contributed by atoms with Crippen LogP contribution in [0.1, 0.15) is 29.3 Å². The first-order valence-electron chi connectivity index (χ1n) is 5.90. The molecule has 0 radical (unpaired) electrons. The zero-order valence-corrected chi connectivity index (χ0v) is 12.2. The summed E-state index contributed by atoms with van der Waals surface area (Å²) in [6, 6.07) is 0. The number of nitrogens with two attached hydrogens (primary N) is 1. The predicted octanol–water partition coefficient (Wildman–Crippen LogP) is 0.573. The van der Waals surface area contributed by atoms with E-state index in [4.69, 9.17) is 10.5 Å². The molecular weight excluding hydrogens is 266 g/mol. The van der Waals surface area contributed by atoms with E-state index in [2.05, 4.69) is 10.3 Å². The third-order valence-corrected chi connectivity index (χ3v) is 3.53. The van der Waals surface area contributed by atoms with Gasteiger partial charge in [-0.15, -0.1) is 11.3 Å². The summed E-state index contributed by atoms with van der Waals surface area (Å²) in [5.41, 5.74) is 4.87. The molecule has 6 nitrogen and oxygen atoms in total. The van der Waals surface area contributed by atoms with Gasteiger partial charge in [-0.05, 0) is 13.8 Å². The molecule has 0 saturated carbocycles. The molecule has 0 bridgehead atoms. The molecular formula is C12H19N3O3S. The molecule has 1 rings (SSSR count). The van der Waals surface area contributed by atoms with Crippen LogP contribution in [0.25, 0.3) is 0 Å². The van der Waals surface area contributed by atoms with Gasteiger partial charge in [0.05, 0.1) is 17.5 Å². The van der Waals surface area contributed by atoms with Crippen molar-refractivity contribution in [2.24, 2.45) is 11.1 Å². The predicted molar refractivity (Wildman–Crippen MR) is 73.0 cm³/mol. The van der Waals surface area contributed by atoms with E-state index < -0.39 is 11.3 Å². The molecule has 0 aliphatic rings. The number of rotatable bonds is 7. The van der Waals surface area contributed by atoms with Crippen LogP contribution in [-0.2, 0) is 16.0 Å². The van der Waals surface area contributed by atoms with Crippen molar-refractivity contribution in [2.75, 3.05) is 20.2 Å². The lowest BCUT2D eigenvalue weighted by atomic mass is 9.94. The number of esters is 1. The zero-order chi connectivity index (χ0) is 14.5. The molecule has 1 amide bonds. The Hall–Kier alpha value is -1.47. The number of aromatic nitrogens is 1. The fraction of sp³-hybridized carbons (Fsp3) is 0.583. The third kappa shape index (κ3) is 4.60. The molecule has 1 aromatic rings. The molecule has 19 heavy (non-hydrogen) atoms. The van der Waals surface area contributed by atoms with E-state index in [1.54, 1.807) is 5.38 Å². The Morgan fingerprint density at radius 1 is 1.53 bits per heavy atom. The summed E-state index contributed by atoms with van der Waals surface area (Å²) in [6.07, 6.45) is 0.690. The second-order valence-electron chi connectivity index (χ2n) is 4.79. The van der Waals surface area contributed by atoms with E-state index in [1.807, 2.05) is 13.8 Å². The van der Waals surface area contributed by atoms with Gasteiger partial charge < -0.3 is 15.8 Å². The summed E-state index contributed by atoms with van der Waals surface area (Å²) in [6.45, 7) is 4.83. The second kappa shape index (κ2) is 6.63. The number of ether oxygens (including phenoxy) is 1. The number of methoxy groups -OCH3 is 1. The minimum absolute atomic E-state index is 0.245. The van der Waals surface area contributed by atoms with Crippen LogP contribution in [0.5, 0.6) is 0 Å². The minimum atomic E-state index is -0.560. The Labute approximate surface area is 116 Å². The summed E-state index contributed by atoms with van der Waals surface area (Å²) in [7, 11) is 1.38. The van der Waals surface area contributed by atoms with E-state index in [9.17, 15) is 9.59 Å². The molecule has 0 aliphatic carbocycles. The normalized spacial score (nSPS) is 11.3. The van der Waals surface area contributed by atoms with Crippen molar-refractivity contribution in [3.63, 3.8) is 0 Å². The Morgan fingerprint density at radius 3 is 2.74 bits per heavy atom. The highest BCUT2D eigenvalue weighted by Crippen LogP contribution is 2.15. The number of hydrogen-bond acceptors (Lipinski definition) is 6. The number of carbonyl (C=O) groups is 2. The molecule has 106 valence electrons. The number of amides is 1. The van der Waals surface area contributed by atoms with Gasteiger partial charge in [-0.3, -0.25) is 9.59 Å². The molecule has 0 saturated heterocycles.